The summed E-state index contributed by atoms with van der Waals surface area (Å²) in [5.74, 6) is 0.278. The Morgan fingerprint density at radius 2 is 2.21 bits per heavy atom. The second kappa shape index (κ2) is 6.14. The van der Waals surface area contributed by atoms with Crippen LogP contribution in [0.2, 0.25) is 0 Å². The number of hydrogen-bond donors (Lipinski definition) is 1. The molecule has 0 atom stereocenters. The Hall–Kier alpha value is -2.16. The second-order valence-corrected chi connectivity index (χ2v) is 4.64. The summed E-state index contributed by atoms with van der Waals surface area (Å²) in [6.07, 6.45) is 4.83. The summed E-state index contributed by atoms with van der Waals surface area (Å²) in [4.78, 5) is 21.1. The average Bonchev–Trinajstić information content (AvgIpc) is 2.86. The summed E-state index contributed by atoms with van der Waals surface area (Å²) in [6, 6.07) is 1.72. The van der Waals surface area contributed by atoms with Gasteiger partial charge >= 0.3 is 5.88 Å². The van der Waals surface area contributed by atoms with Crippen molar-refractivity contribution >= 4 is 23.6 Å². The van der Waals surface area contributed by atoms with E-state index in [1.165, 1.54) is 16.6 Å². The van der Waals surface area contributed by atoms with Crippen molar-refractivity contribution < 1.29 is 14.1 Å². The molecule has 8 nitrogen and oxygen atoms in total. The van der Waals surface area contributed by atoms with Gasteiger partial charge in [0.1, 0.15) is 0 Å². The first-order valence-electron chi connectivity index (χ1n) is 5.41. The van der Waals surface area contributed by atoms with Gasteiger partial charge in [-0.2, -0.15) is 5.01 Å². The Morgan fingerprint density at radius 1 is 1.47 bits per heavy atom. The molecule has 0 aliphatic rings. The third-order valence-corrected chi connectivity index (χ3v) is 2.88. The standard InChI is InChI=1S/C10H12N6O2S/c1-15(2)16-6-9(18-14-16)13-8(17)7-19-10-11-4-3-5-12-10/h3-6H,7H2,1-2H3/p+1. The van der Waals surface area contributed by atoms with Crippen LogP contribution in [0.15, 0.2) is 34.3 Å². The highest BCUT2D eigenvalue weighted by Crippen LogP contribution is 2.11. The molecule has 0 aliphatic carbocycles. The Labute approximate surface area is 113 Å². The van der Waals surface area contributed by atoms with Gasteiger partial charge in [0, 0.05) is 12.4 Å². The Bertz CT molecular complexity index is 544. The lowest BCUT2D eigenvalue weighted by Crippen LogP contribution is -2.53. The van der Waals surface area contributed by atoms with E-state index in [1.807, 2.05) is 0 Å². The summed E-state index contributed by atoms with van der Waals surface area (Å²) in [5.41, 5.74) is 0. The summed E-state index contributed by atoms with van der Waals surface area (Å²) >= 11 is 1.25. The number of carbonyl (C=O) groups excluding carboxylic acids is 1. The zero-order valence-electron chi connectivity index (χ0n) is 10.5. The number of nitrogens with zero attached hydrogens (tertiary/aromatic N) is 5. The maximum atomic E-state index is 11.7. The molecule has 0 fully saturated rings. The molecule has 0 saturated carbocycles. The van der Waals surface area contributed by atoms with Crippen molar-refractivity contribution in [2.45, 2.75) is 5.16 Å². The quantitative estimate of drug-likeness (QED) is 0.456. The van der Waals surface area contributed by atoms with E-state index >= 15 is 0 Å². The highest BCUT2D eigenvalue weighted by molar-refractivity contribution is 7.99. The lowest BCUT2D eigenvalue weighted by molar-refractivity contribution is -0.753. The van der Waals surface area contributed by atoms with E-state index in [-0.39, 0.29) is 17.5 Å². The van der Waals surface area contributed by atoms with Crippen LogP contribution >= 0.6 is 11.8 Å². The zero-order valence-corrected chi connectivity index (χ0v) is 11.3. The molecule has 100 valence electrons. The molecule has 1 amide bonds. The van der Waals surface area contributed by atoms with Crippen molar-refractivity contribution in [2.24, 2.45) is 0 Å². The first kappa shape index (κ1) is 13.3. The van der Waals surface area contributed by atoms with Crippen molar-refractivity contribution in [3.63, 3.8) is 0 Å². The number of anilines is 1. The fourth-order valence-corrected chi connectivity index (χ4v) is 1.75. The van der Waals surface area contributed by atoms with E-state index in [1.54, 1.807) is 43.8 Å². The van der Waals surface area contributed by atoms with Gasteiger partial charge in [0.25, 0.3) is 6.20 Å². The molecule has 1 N–H and O–H groups in total. The highest BCUT2D eigenvalue weighted by atomic mass is 32.2. The van der Waals surface area contributed by atoms with Crippen LogP contribution in [0.3, 0.4) is 0 Å². The molecular formula is C10H13N6O2S+. The van der Waals surface area contributed by atoms with Gasteiger partial charge in [0.15, 0.2) is 5.16 Å². The first-order valence-corrected chi connectivity index (χ1v) is 6.39. The van der Waals surface area contributed by atoms with Crippen molar-refractivity contribution in [1.82, 2.24) is 15.2 Å². The van der Waals surface area contributed by atoms with Gasteiger partial charge in [-0.15, -0.1) is 0 Å². The molecule has 0 aliphatic heterocycles. The Balaban J connectivity index is 1.84. The Kier molecular flexibility index (Phi) is 4.29. The lowest BCUT2D eigenvalue weighted by Gasteiger charge is -1.98. The highest BCUT2D eigenvalue weighted by Gasteiger charge is 2.15. The molecule has 19 heavy (non-hydrogen) atoms. The van der Waals surface area contributed by atoms with Crippen LogP contribution in [0.1, 0.15) is 0 Å². The molecule has 0 spiro atoms. The van der Waals surface area contributed by atoms with Crippen LogP contribution in [0.25, 0.3) is 0 Å². The van der Waals surface area contributed by atoms with Crippen molar-refractivity contribution in [3.05, 3.63) is 24.7 Å². The minimum Gasteiger partial charge on any atom is -0.288 e. The van der Waals surface area contributed by atoms with Crippen LogP contribution in [0.4, 0.5) is 5.88 Å². The van der Waals surface area contributed by atoms with E-state index in [0.717, 1.165) is 0 Å². The number of thioether (sulfide) groups is 1. The fourth-order valence-electron chi connectivity index (χ4n) is 1.14. The summed E-state index contributed by atoms with van der Waals surface area (Å²) in [6.45, 7) is 0. The molecule has 9 heteroatoms. The van der Waals surface area contributed by atoms with Gasteiger partial charge in [-0.1, -0.05) is 11.8 Å². The molecule has 0 unspecified atom stereocenters. The second-order valence-electron chi connectivity index (χ2n) is 3.70. The largest absolute Gasteiger partial charge is 0.305 e. The van der Waals surface area contributed by atoms with E-state index in [2.05, 4.69) is 20.6 Å². The zero-order chi connectivity index (χ0) is 13.7. The summed E-state index contributed by atoms with van der Waals surface area (Å²) in [5, 5.41) is 8.56. The number of aromatic nitrogens is 4. The third-order valence-electron chi connectivity index (χ3n) is 2.00. The minimum atomic E-state index is -0.209. The van der Waals surface area contributed by atoms with Crippen molar-refractivity contribution in [3.8, 4) is 0 Å². The molecular weight excluding hydrogens is 268 g/mol. The maximum absolute atomic E-state index is 11.7. The van der Waals surface area contributed by atoms with Crippen LogP contribution in [-0.2, 0) is 4.79 Å². The van der Waals surface area contributed by atoms with Crippen molar-refractivity contribution in [1.29, 1.82) is 0 Å². The molecule has 0 radical (unpaired) electrons. The van der Waals surface area contributed by atoms with Gasteiger partial charge in [0.2, 0.25) is 11.2 Å². The fraction of sp³-hybridized carbons (Fsp3) is 0.300. The molecule has 2 heterocycles. The third kappa shape index (κ3) is 3.91. The van der Waals surface area contributed by atoms with E-state index in [0.29, 0.717) is 5.16 Å². The maximum Gasteiger partial charge on any atom is 0.305 e. The molecule has 0 saturated heterocycles. The van der Waals surface area contributed by atoms with Gasteiger partial charge in [-0.3, -0.25) is 14.6 Å². The van der Waals surface area contributed by atoms with Gasteiger partial charge in [-0.05, 0) is 6.07 Å². The molecule has 2 aromatic rings. The van der Waals surface area contributed by atoms with E-state index < -0.39 is 0 Å². The average molecular weight is 281 g/mol. The van der Waals surface area contributed by atoms with E-state index in [9.17, 15) is 4.79 Å². The molecule has 0 aromatic carbocycles. The minimum absolute atomic E-state index is 0.201. The van der Waals surface area contributed by atoms with Crippen LogP contribution < -0.4 is 15.1 Å². The predicted molar refractivity (Wildman–Crippen MR) is 68.1 cm³/mol. The van der Waals surface area contributed by atoms with Crippen LogP contribution in [0, 0.1) is 0 Å². The van der Waals surface area contributed by atoms with Crippen LogP contribution in [0.5, 0.6) is 0 Å². The smallest absolute Gasteiger partial charge is 0.288 e. The first-order chi connectivity index (χ1) is 9.15. The molecule has 2 rings (SSSR count). The van der Waals surface area contributed by atoms with Gasteiger partial charge in [-0.25, -0.2) is 9.97 Å². The number of carbonyl (C=O) groups is 1. The lowest BCUT2D eigenvalue weighted by atomic mass is 10.6. The number of rotatable bonds is 5. The normalized spacial score (nSPS) is 10.2. The van der Waals surface area contributed by atoms with Crippen molar-refractivity contribution in [2.75, 3.05) is 30.2 Å². The summed E-state index contributed by atoms with van der Waals surface area (Å²) < 4.78 is 4.95. The predicted octanol–water partition coefficient (Wildman–Crippen LogP) is -0.320. The number of hydrogen-bond acceptors (Lipinski definition) is 7. The number of nitrogens with one attached hydrogen (secondary N) is 1. The van der Waals surface area contributed by atoms with Gasteiger partial charge < -0.3 is 0 Å². The SMILES string of the molecule is CN(C)[n+]1cc(NC(=O)CSc2ncccn2)on1. The topological polar surface area (TPSA) is 88.0 Å². The van der Waals surface area contributed by atoms with Crippen LogP contribution in [-0.4, -0.2) is 41.0 Å². The van der Waals surface area contributed by atoms with Gasteiger partial charge in [0.05, 0.1) is 24.6 Å². The monoisotopic (exact) mass is 281 g/mol. The summed E-state index contributed by atoms with van der Waals surface area (Å²) in [7, 11) is 3.60. The van der Waals surface area contributed by atoms with E-state index in [4.69, 9.17) is 4.52 Å². The molecule has 2 aromatic heterocycles. The number of amides is 1. The Morgan fingerprint density at radius 3 is 2.84 bits per heavy atom. The molecule has 0 bridgehead atoms.